The number of nitrogens with one attached hydrogen (secondary N) is 2. The molecule has 2 aromatic heterocycles. The molecule has 1 amide bonds. The van der Waals surface area contributed by atoms with Crippen LogP contribution in [0.1, 0.15) is 56.8 Å². The van der Waals surface area contributed by atoms with Crippen LogP contribution in [0, 0.1) is 5.41 Å². The minimum Gasteiger partial charge on any atom is -0.394 e. The van der Waals surface area contributed by atoms with Crippen molar-refractivity contribution in [3.63, 3.8) is 0 Å². The molecule has 1 unspecified atom stereocenters. The SMILES string of the molecule is CC1CN(c2cccc(NC(=O)c3ccc(NC(C)(C)CO)nc3N3CCC4(CC3)CC4)n2)CCO1. The third kappa shape index (κ3) is 5.57. The third-order valence-electron chi connectivity index (χ3n) is 7.60. The van der Waals surface area contributed by atoms with Crippen LogP contribution in [0.2, 0.25) is 0 Å². The number of hydrogen-bond acceptors (Lipinski definition) is 8. The maximum Gasteiger partial charge on any atom is 0.260 e. The van der Waals surface area contributed by atoms with Gasteiger partial charge in [0.1, 0.15) is 23.3 Å². The molecule has 2 aromatic rings. The Morgan fingerprint density at radius 3 is 2.56 bits per heavy atom. The highest BCUT2D eigenvalue weighted by molar-refractivity contribution is 6.07. The van der Waals surface area contributed by atoms with E-state index in [4.69, 9.17) is 14.7 Å². The van der Waals surface area contributed by atoms with Gasteiger partial charge in [0.15, 0.2) is 0 Å². The van der Waals surface area contributed by atoms with Crippen LogP contribution in [-0.4, -0.2) is 72.0 Å². The summed E-state index contributed by atoms with van der Waals surface area (Å²) < 4.78 is 5.65. The molecule has 0 aromatic carbocycles. The molecule has 3 fully saturated rings. The summed E-state index contributed by atoms with van der Waals surface area (Å²) in [6, 6.07) is 9.33. The number of ether oxygens (including phenoxy) is 1. The molecule has 36 heavy (non-hydrogen) atoms. The van der Waals surface area contributed by atoms with Gasteiger partial charge in [-0.2, -0.15) is 0 Å². The summed E-state index contributed by atoms with van der Waals surface area (Å²) in [6.07, 6.45) is 5.05. The number of carbonyl (C=O) groups is 1. The molecule has 1 atom stereocenters. The van der Waals surface area contributed by atoms with Crippen molar-refractivity contribution in [1.29, 1.82) is 0 Å². The average Bonchev–Trinajstić information content (AvgIpc) is 3.63. The van der Waals surface area contributed by atoms with Crippen molar-refractivity contribution in [2.45, 2.75) is 58.1 Å². The first kappa shape index (κ1) is 24.8. The molecule has 3 N–H and O–H groups in total. The number of aromatic nitrogens is 2. The molecular formula is C27H38N6O3. The first-order valence-electron chi connectivity index (χ1n) is 13.1. The van der Waals surface area contributed by atoms with E-state index in [1.807, 2.05) is 38.1 Å². The van der Waals surface area contributed by atoms with E-state index >= 15 is 0 Å². The Kier molecular flexibility index (Phi) is 6.78. The summed E-state index contributed by atoms with van der Waals surface area (Å²) in [4.78, 5) is 27.5. The molecule has 0 bridgehead atoms. The van der Waals surface area contributed by atoms with Gasteiger partial charge in [0.05, 0.1) is 30.4 Å². The number of pyridine rings is 2. The van der Waals surface area contributed by atoms with Gasteiger partial charge in [-0.15, -0.1) is 0 Å². The number of nitrogens with zero attached hydrogens (tertiary/aromatic N) is 4. The summed E-state index contributed by atoms with van der Waals surface area (Å²) in [5.41, 5.74) is 0.533. The van der Waals surface area contributed by atoms with E-state index in [0.29, 0.717) is 35.0 Å². The predicted octanol–water partition coefficient (Wildman–Crippen LogP) is 3.52. The van der Waals surface area contributed by atoms with Crippen molar-refractivity contribution in [3.05, 3.63) is 35.9 Å². The lowest BCUT2D eigenvalue weighted by atomic mass is 9.93. The second kappa shape index (κ2) is 9.86. The van der Waals surface area contributed by atoms with Gasteiger partial charge < -0.3 is 30.3 Å². The Balaban J connectivity index is 1.37. The van der Waals surface area contributed by atoms with E-state index in [9.17, 15) is 9.90 Å². The maximum absolute atomic E-state index is 13.5. The van der Waals surface area contributed by atoms with E-state index in [-0.39, 0.29) is 18.6 Å². The average molecular weight is 495 g/mol. The Morgan fingerprint density at radius 2 is 1.86 bits per heavy atom. The fraction of sp³-hybridized carbons (Fsp3) is 0.593. The molecule has 9 heteroatoms. The number of anilines is 4. The monoisotopic (exact) mass is 494 g/mol. The molecule has 2 aliphatic heterocycles. The second-order valence-corrected chi connectivity index (χ2v) is 11.2. The first-order chi connectivity index (χ1) is 17.3. The zero-order valence-electron chi connectivity index (χ0n) is 21.6. The summed E-state index contributed by atoms with van der Waals surface area (Å²) in [6.45, 7) is 9.86. The topological polar surface area (TPSA) is 103 Å². The minimum atomic E-state index is -0.518. The maximum atomic E-state index is 13.5. The molecule has 4 heterocycles. The van der Waals surface area contributed by atoms with Crippen LogP contribution in [0.15, 0.2) is 30.3 Å². The molecule has 1 aliphatic carbocycles. The summed E-state index contributed by atoms with van der Waals surface area (Å²) in [7, 11) is 0. The number of hydrogen-bond donors (Lipinski definition) is 3. The number of aliphatic hydroxyl groups excluding tert-OH is 1. The standard InChI is InChI=1S/C27H38N6O3/c1-19-17-33(15-16-36-19)23-6-4-5-21(28-23)30-25(35)20-7-8-22(31-26(2,3)18-34)29-24(20)32-13-11-27(9-10-27)12-14-32/h4-8,19,34H,9-18H2,1-3H3,(H,29,31)(H,28,30,35). The number of rotatable bonds is 7. The largest absolute Gasteiger partial charge is 0.394 e. The van der Waals surface area contributed by atoms with Crippen LogP contribution in [-0.2, 0) is 4.74 Å². The fourth-order valence-electron chi connectivity index (χ4n) is 5.07. The normalized spacial score (nSPS) is 21.4. The third-order valence-corrected chi connectivity index (χ3v) is 7.60. The van der Waals surface area contributed by atoms with Gasteiger partial charge in [0, 0.05) is 26.2 Å². The van der Waals surface area contributed by atoms with Crippen molar-refractivity contribution in [3.8, 4) is 0 Å². The quantitative estimate of drug-likeness (QED) is 0.537. The van der Waals surface area contributed by atoms with Crippen molar-refractivity contribution in [2.24, 2.45) is 5.41 Å². The van der Waals surface area contributed by atoms with Gasteiger partial charge in [0.2, 0.25) is 0 Å². The Morgan fingerprint density at radius 1 is 1.08 bits per heavy atom. The van der Waals surface area contributed by atoms with Gasteiger partial charge in [0.25, 0.3) is 5.91 Å². The van der Waals surface area contributed by atoms with Gasteiger partial charge in [-0.3, -0.25) is 4.79 Å². The molecule has 1 saturated carbocycles. The zero-order valence-corrected chi connectivity index (χ0v) is 21.6. The van der Waals surface area contributed by atoms with Gasteiger partial charge in [-0.1, -0.05) is 6.07 Å². The lowest BCUT2D eigenvalue weighted by Crippen LogP contribution is -2.41. The lowest BCUT2D eigenvalue weighted by Gasteiger charge is -2.34. The van der Waals surface area contributed by atoms with E-state index in [2.05, 4.69) is 27.4 Å². The number of aliphatic hydroxyl groups is 1. The number of amides is 1. The highest BCUT2D eigenvalue weighted by Crippen LogP contribution is 2.54. The fourth-order valence-corrected chi connectivity index (χ4v) is 5.07. The molecule has 0 radical (unpaired) electrons. The summed E-state index contributed by atoms with van der Waals surface area (Å²) >= 11 is 0. The van der Waals surface area contributed by atoms with Crippen molar-refractivity contribution < 1.29 is 14.6 Å². The van der Waals surface area contributed by atoms with Crippen LogP contribution < -0.4 is 20.4 Å². The predicted molar refractivity (Wildman–Crippen MR) is 142 cm³/mol. The highest BCUT2D eigenvalue weighted by Gasteiger charge is 2.45. The number of carbonyl (C=O) groups excluding carboxylic acids is 1. The van der Waals surface area contributed by atoms with E-state index in [1.165, 1.54) is 12.8 Å². The summed E-state index contributed by atoms with van der Waals surface area (Å²) in [5, 5.41) is 16.0. The minimum absolute atomic E-state index is 0.0254. The van der Waals surface area contributed by atoms with Crippen LogP contribution in [0.4, 0.5) is 23.3 Å². The number of morpholine rings is 1. The molecule has 3 aliphatic rings. The molecule has 2 saturated heterocycles. The molecule has 5 rings (SSSR count). The molecule has 9 nitrogen and oxygen atoms in total. The van der Waals surface area contributed by atoms with Gasteiger partial charge in [-0.25, -0.2) is 9.97 Å². The van der Waals surface area contributed by atoms with Crippen molar-refractivity contribution >= 4 is 29.2 Å². The van der Waals surface area contributed by atoms with E-state index in [1.54, 1.807) is 6.07 Å². The zero-order chi connectivity index (χ0) is 25.3. The van der Waals surface area contributed by atoms with Crippen molar-refractivity contribution in [2.75, 3.05) is 59.8 Å². The van der Waals surface area contributed by atoms with Crippen LogP contribution in [0.5, 0.6) is 0 Å². The van der Waals surface area contributed by atoms with Gasteiger partial charge >= 0.3 is 0 Å². The summed E-state index contributed by atoms with van der Waals surface area (Å²) in [5.74, 6) is 2.45. The van der Waals surface area contributed by atoms with Crippen LogP contribution in [0.25, 0.3) is 0 Å². The van der Waals surface area contributed by atoms with Crippen molar-refractivity contribution in [1.82, 2.24) is 9.97 Å². The Bertz CT molecular complexity index is 1090. The first-order valence-corrected chi connectivity index (χ1v) is 13.1. The molecule has 1 spiro atoms. The lowest BCUT2D eigenvalue weighted by molar-refractivity contribution is 0.0529. The van der Waals surface area contributed by atoms with E-state index < -0.39 is 5.54 Å². The molecule has 194 valence electrons. The molecular weight excluding hydrogens is 456 g/mol. The van der Waals surface area contributed by atoms with Gasteiger partial charge in [-0.05, 0) is 76.1 Å². The second-order valence-electron chi connectivity index (χ2n) is 11.2. The Labute approximate surface area is 213 Å². The smallest absolute Gasteiger partial charge is 0.260 e. The number of piperidine rings is 1. The van der Waals surface area contributed by atoms with E-state index in [0.717, 1.165) is 44.8 Å². The van der Waals surface area contributed by atoms with Crippen LogP contribution in [0.3, 0.4) is 0 Å². The Hall–Kier alpha value is -2.91. The van der Waals surface area contributed by atoms with Crippen LogP contribution >= 0.6 is 0 Å². The highest BCUT2D eigenvalue weighted by atomic mass is 16.5.